The van der Waals surface area contributed by atoms with Crippen LogP contribution in [0.4, 0.5) is 14.5 Å². The molecule has 3 aromatic rings. The fraction of sp³-hybridized carbons (Fsp3) is 0.235. The second-order valence-corrected chi connectivity index (χ2v) is 5.63. The van der Waals surface area contributed by atoms with Gasteiger partial charge in [0, 0.05) is 24.6 Å². The molecule has 1 aromatic carbocycles. The molecule has 25 heavy (non-hydrogen) atoms. The Kier molecular flexibility index (Phi) is 4.35. The van der Waals surface area contributed by atoms with Crippen molar-refractivity contribution >= 4 is 22.7 Å². The molecule has 0 bridgehead atoms. The monoisotopic (exact) mass is 347 g/mol. The Morgan fingerprint density at radius 1 is 1.32 bits per heavy atom. The van der Waals surface area contributed by atoms with E-state index in [1.807, 2.05) is 0 Å². The first kappa shape index (κ1) is 16.8. The van der Waals surface area contributed by atoms with Crippen LogP contribution in [0.25, 0.3) is 11.1 Å². The zero-order valence-electron chi connectivity index (χ0n) is 13.6. The van der Waals surface area contributed by atoms with Gasteiger partial charge >= 0.3 is 0 Å². The summed E-state index contributed by atoms with van der Waals surface area (Å²) in [5.74, 6) is -1.48. The number of hydrogen-bond acceptors (Lipinski definition) is 4. The fourth-order valence-electron chi connectivity index (χ4n) is 2.45. The third kappa shape index (κ3) is 3.28. The van der Waals surface area contributed by atoms with Gasteiger partial charge in [-0.15, -0.1) is 0 Å². The highest BCUT2D eigenvalue weighted by molar-refractivity contribution is 5.90. The van der Waals surface area contributed by atoms with E-state index in [9.17, 15) is 18.4 Å². The van der Waals surface area contributed by atoms with Gasteiger partial charge in [0.2, 0.25) is 11.6 Å². The van der Waals surface area contributed by atoms with Gasteiger partial charge < -0.3 is 9.73 Å². The smallest absolute Gasteiger partial charge is 0.264 e. The van der Waals surface area contributed by atoms with Gasteiger partial charge in [-0.2, -0.15) is 0 Å². The number of halogens is 2. The minimum absolute atomic E-state index is 0.0695. The van der Waals surface area contributed by atoms with Crippen LogP contribution in [0.1, 0.15) is 17.7 Å². The number of amides is 1. The van der Waals surface area contributed by atoms with Gasteiger partial charge in [-0.3, -0.25) is 14.2 Å². The zero-order valence-corrected chi connectivity index (χ0v) is 13.6. The maximum atomic E-state index is 13.5. The molecule has 0 aliphatic rings. The van der Waals surface area contributed by atoms with E-state index in [1.165, 1.54) is 10.9 Å². The van der Waals surface area contributed by atoms with Crippen molar-refractivity contribution in [2.24, 2.45) is 0 Å². The minimum atomic E-state index is -0.863. The normalized spacial score (nSPS) is 11.0. The van der Waals surface area contributed by atoms with Crippen LogP contribution in [0, 0.1) is 25.5 Å². The summed E-state index contributed by atoms with van der Waals surface area (Å²) in [6, 6.07) is 2.87. The average Bonchev–Trinajstić information content (AvgIpc) is 2.85. The van der Waals surface area contributed by atoms with Gasteiger partial charge in [-0.25, -0.2) is 13.8 Å². The van der Waals surface area contributed by atoms with Crippen LogP contribution in [-0.2, 0) is 11.3 Å². The molecular formula is C17H15F2N3O3. The highest BCUT2D eigenvalue weighted by Crippen LogP contribution is 2.19. The summed E-state index contributed by atoms with van der Waals surface area (Å²) in [6.45, 7) is 3.57. The van der Waals surface area contributed by atoms with Gasteiger partial charge in [-0.05, 0) is 26.0 Å². The second kappa shape index (κ2) is 6.46. The van der Waals surface area contributed by atoms with Crippen LogP contribution < -0.4 is 10.9 Å². The lowest BCUT2D eigenvalue weighted by atomic mass is 10.2. The molecule has 2 heterocycles. The van der Waals surface area contributed by atoms with Crippen molar-refractivity contribution in [3.63, 3.8) is 0 Å². The molecule has 3 rings (SSSR count). The first-order valence-corrected chi connectivity index (χ1v) is 7.57. The number of benzene rings is 1. The van der Waals surface area contributed by atoms with Gasteiger partial charge in [0.1, 0.15) is 29.1 Å². The Balaban J connectivity index is 1.74. The number of furan rings is 1. The number of rotatable bonds is 4. The first-order chi connectivity index (χ1) is 11.9. The van der Waals surface area contributed by atoms with E-state index < -0.39 is 17.5 Å². The standard InChI is InChI=1S/C17H15F2N3O3/c1-9-10(2)25-16-15(9)17(24)22(8-20-16)6-5-14(23)21-13-4-3-11(18)7-12(13)19/h3-4,7-8H,5-6H2,1-2H3,(H,21,23). The van der Waals surface area contributed by atoms with Crippen molar-refractivity contribution in [1.29, 1.82) is 0 Å². The van der Waals surface area contributed by atoms with Gasteiger partial charge in [0.15, 0.2) is 0 Å². The number of nitrogens with zero attached hydrogens (tertiary/aromatic N) is 2. The Morgan fingerprint density at radius 3 is 2.80 bits per heavy atom. The van der Waals surface area contributed by atoms with Crippen molar-refractivity contribution in [2.45, 2.75) is 26.8 Å². The molecule has 130 valence electrons. The van der Waals surface area contributed by atoms with Crippen molar-refractivity contribution < 1.29 is 18.0 Å². The summed E-state index contributed by atoms with van der Waals surface area (Å²) in [4.78, 5) is 28.5. The predicted octanol–water partition coefficient (Wildman–Crippen LogP) is 2.91. The second-order valence-electron chi connectivity index (χ2n) is 5.63. The number of carbonyl (C=O) groups excluding carboxylic acids is 1. The zero-order chi connectivity index (χ0) is 18.1. The van der Waals surface area contributed by atoms with E-state index in [2.05, 4.69) is 10.3 Å². The first-order valence-electron chi connectivity index (χ1n) is 7.57. The van der Waals surface area contributed by atoms with Gasteiger partial charge in [0.25, 0.3) is 5.56 Å². The van der Waals surface area contributed by atoms with E-state index in [0.29, 0.717) is 22.8 Å². The largest absolute Gasteiger partial charge is 0.443 e. The summed E-state index contributed by atoms with van der Waals surface area (Å²) >= 11 is 0. The molecule has 0 saturated carbocycles. The molecule has 0 aliphatic carbocycles. The minimum Gasteiger partial charge on any atom is -0.443 e. The van der Waals surface area contributed by atoms with Crippen molar-refractivity contribution in [2.75, 3.05) is 5.32 Å². The number of carbonyl (C=O) groups is 1. The third-order valence-electron chi connectivity index (χ3n) is 3.94. The Bertz CT molecular complexity index is 1020. The number of nitrogens with one attached hydrogen (secondary N) is 1. The molecule has 0 aliphatic heterocycles. The lowest BCUT2D eigenvalue weighted by molar-refractivity contribution is -0.116. The summed E-state index contributed by atoms with van der Waals surface area (Å²) in [5, 5.41) is 2.72. The molecule has 6 nitrogen and oxygen atoms in total. The molecule has 1 N–H and O–H groups in total. The predicted molar refractivity (Wildman–Crippen MR) is 87.3 cm³/mol. The summed E-state index contributed by atoms with van der Waals surface area (Å²) in [7, 11) is 0. The summed E-state index contributed by atoms with van der Waals surface area (Å²) in [5.41, 5.74) is 0.544. The molecule has 1 amide bonds. The molecule has 8 heteroatoms. The molecule has 0 fully saturated rings. The lowest BCUT2D eigenvalue weighted by Crippen LogP contribution is -2.23. The number of fused-ring (bicyclic) bond motifs is 1. The molecule has 2 aromatic heterocycles. The van der Waals surface area contributed by atoms with E-state index in [1.54, 1.807) is 13.8 Å². The SMILES string of the molecule is Cc1oc2ncn(CCC(=O)Nc3ccc(F)cc3F)c(=O)c2c1C. The number of aromatic nitrogens is 2. The van der Waals surface area contributed by atoms with Crippen LogP contribution >= 0.6 is 0 Å². The molecule has 0 unspecified atom stereocenters. The topological polar surface area (TPSA) is 77.1 Å². The highest BCUT2D eigenvalue weighted by atomic mass is 19.1. The third-order valence-corrected chi connectivity index (χ3v) is 3.94. The van der Waals surface area contributed by atoms with Gasteiger partial charge in [0.05, 0.1) is 5.69 Å². The highest BCUT2D eigenvalue weighted by Gasteiger charge is 2.14. The quantitative estimate of drug-likeness (QED) is 0.787. The maximum absolute atomic E-state index is 13.5. The number of anilines is 1. The molecule has 0 spiro atoms. The van der Waals surface area contributed by atoms with E-state index in [0.717, 1.165) is 12.1 Å². The number of aryl methyl sites for hydroxylation is 3. The van der Waals surface area contributed by atoms with Crippen LogP contribution in [0.3, 0.4) is 0 Å². The van der Waals surface area contributed by atoms with E-state index in [-0.39, 0.29) is 29.9 Å². The Hall–Kier alpha value is -3.03. The van der Waals surface area contributed by atoms with Crippen molar-refractivity contribution in [3.05, 3.63) is 57.8 Å². The van der Waals surface area contributed by atoms with Crippen LogP contribution in [0.2, 0.25) is 0 Å². The molecule has 0 saturated heterocycles. The maximum Gasteiger partial charge on any atom is 0.264 e. The summed E-state index contributed by atoms with van der Waals surface area (Å²) in [6.07, 6.45) is 1.23. The van der Waals surface area contributed by atoms with E-state index >= 15 is 0 Å². The lowest BCUT2D eigenvalue weighted by Gasteiger charge is -2.08. The van der Waals surface area contributed by atoms with Crippen molar-refractivity contribution in [1.82, 2.24) is 9.55 Å². The Morgan fingerprint density at radius 2 is 2.08 bits per heavy atom. The number of hydrogen-bond donors (Lipinski definition) is 1. The van der Waals surface area contributed by atoms with Gasteiger partial charge in [-0.1, -0.05) is 0 Å². The molecule has 0 radical (unpaired) electrons. The Labute approximate surface area is 141 Å². The molecular weight excluding hydrogens is 332 g/mol. The fourth-order valence-corrected chi connectivity index (χ4v) is 2.45. The van der Waals surface area contributed by atoms with E-state index in [4.69, 9.17) is 4.42 Å². The van der Waals surface area contributed by atoms with Crippen LogP contribution in [0.5, 0.6) is 0 Å². The summed E-state index contributed by atoms with van der Waals surface area (Å²) < 4.78 is 33.1. The average molecular weight is 347 g/mol. The van der Waals surface area contributed by atoms with Crippen LogP contribution in [0.15, 0.2) is 33.7 Å². The van der Waals surface area contributed by atoms with Crippen molar-refractivity contribution in [3.8, 4) is 0 Å². The van der Waals surface area contributed by atoms with Crippen LogP contribution in [-0.4, -0.2) is 15.5 Å². The molecule has 0 atom stereocenters.